The molecule has 0 aliphatic heterocycles. The normalized spacial score (nSPS) is 10.9. The molecule has 0 saturated carbocycles. The highest BCUT2D eigenvalue weighted by Crippen LogP contribution is 2.20. The van der Waals surface area contributed by atoms with E-state index in [-0.39, 0.29) is 17.7 Å². The Morgan fingerprint density at radius 1 is 0.870 bits per heavy atom. The zero-order chi connectivity index (χ0) is 17.0. The van der Waals surface area contributed by atoms with Gasteiger partial charge in [0.2, 0.25) is 11.9 Å². The van der Waals surface area contributed by atoms with E-state index >= 15 is 0 Å². The number of hydrogen-bond donors (Lipinski definition) is 2. The second-order valence-corrected chi connectivity index (χ2v) is 6.07. The lowest BCUT2D eigenvalue weighted by molar-refractivity contribution is -0.114. The van der Waals surface area contributed by atoms with Crippen LogP contribution in [0.4, 0.5) is 17.3 Å². The van der Waals surface area contributed by atoms with Crippen LogP contribution in [0.25, 0.3) is 0 Å². The number of rotatable bonds is 5. The van der Waals surface area contributed by atoms with Crippen molar-refractivity contribution < 1.29 is 4.79 Å². The van der Waals surface area contributed by atoms with Crippen molar-refractivity contribution in [1.29, 1.82) is 0 Å². The molecule has 0 radical (unpaired) electrons. The summed E-state index contributed by atoms with van der Waals surface area (Å²) in [6, 6.07) is 7.41. The van der Waals surface area contributed by atoms with Gasteiger partial charge in [-0.05, 0) is 24.3 Å². The molecule has 1 aromatic heterocycles. The van der Waals surface area contributed by atoms with Crippen molar-refractivity contribution in [2.45, 2.75) is 46.5 Å². The van der Waals surface area contributed by atoms with Crippen molar-refractivity contribution in [3.05, 3.63) is 35.9 Å². The molecule has 23 heavy (non-hydrogen) atoms. The highest BCUT2D eigenvalue weighted by Gasteiger charge is 2.12. The predicted molar refractivity (Wildman–Crippen MR) is 92.0 cm³/mol. The summed E-state index contributed by atoms with van der Waals surface area (Å²) in [5.41, 5.74) is 1.61. The lowest BCUT2D eigenvalue weighted by Gasteiger charge is -2.12. The smallest absolute Gasteiger partial charge is 0.230 e. The van der Waals surface area contributed by atoms with Crippen molar-refractivity contribution >= 4 is 23.2 Å². The Bertz CT molecular complexity index is 654. The first-order valence-electron chi connectivity index (χ1n) is 7.75. The molecule has 0 aliphatic carbocycles. The van der Waals surface area contributed by atoms with Gasteiger partial charge >= 0.3 is 0 Å². The molecule has 0 aliphatic rings. The Kier molecular flexibility index (Phi) is 5.26. The molecule has 0 spiro atoms. The van der Waals surface area contributed by atoms with Gasteiger partial charge in [0.15, 0.2) is 0 Å². The first-order chi connectivity index (χ1) is 10.8. The number of carbonyl (C=O) groups excluding carboxylic acids is 1. The average Bonchev–Trinajstić information content (AvgIpc) is 2.48. The zero-order valence-electron chi connectivity index (χ0n) is 14.2. The van der Waals surface area contributed by atoms with Crippen molar-refractivity contribution in [2.24, 2.45) is 0 Å². The Hall–Kier alpha value is -2.50. The van der Waals surface area contributed by atoms with E-state index in [1.54, 1.807) is 0 Å². The van der Waals surface area contributed by atoms with Crippen molar-refractivity contribution in [3.8, 4) is 0 Å². The Balaban J connectivity index is 2.23. The topological polar surface area (TPSA) is 79.8 Å². The van der Waals surface area contributed by atoms with E-state index in [0.717, 1.165) is 23.0 Å². The van der Waals surface area contributed by atoms with Gasteiger partial charge in [0.05, 0.1) is 0 Å². The number of nitrogens with one attached hydrogen (secondary N) is 2. The first-order valence-corrected chi connectivity index (χ1v) is 7.75. The molecule has 2 aromatic rings. The molecule has 6 heteroatoms. The molecule has 6 nitrogen and oxygen atoms in total. The molecular weight excluding hydrogens is 290 g/mol. The summed E-state index contributed by atoms with van der Waals surface area (Å²) >= 11 is 0. The Morgan fingerprint density at radius 3 is 1.78 bits per heavy atom. The molecule has 2 rings (SSSR count). The van der Waals surface area contributed by atoms with Gasteiger partial charge in [-0.15, -0.1) is 0 Å². The third-order valence-corrected chi connectivity index (χ3v) is 3.16. The van der Waals surface area contributed by atoms with Crippen LogP contribution in [0.2, 0.25) is 0 Å². The van der Waals surface area contributed by atoms with Gasteiger partial charge in [-0.1, -0.05) is 27.7 Å². The number of hydrogen-bond acceptors (Lipinski definition) is 5. The maximum Gasteiger partial charge on any atom is 0.230 e. The highest BCUT2D eigenvalue weighted by atomic mass is 16.1. The van der Waals surface area contributed by atoms with Gasteiger partial charge in [-0.25, -0.2) is 4.98 Å². The summed E-state index contributed by atoms with van der Waals surface area (Å²) in [5, 5.41) is 5.94. The minimum Gasteiger partial charge on any atom is -0.326 e. The van der Waals surface area contributed by atoms with Crippen molar-refractivity contribution in [3.63, 3.8) is 0 Å². The minimum absolute atomic E-state index is 0.0914. The zero-order valence-corrected chi connectivity index (χ0v) is 14.2. The number of carbonyl (C=O) groups is 1. The second-order valence-electron chi connectivity index (χ2n) is 6.07. The quantitative estimate of drug-likeness (QED) is 0.877. The first kappa shape index (κ1) is 16.9. The van der Waals surface area contributed by atoms with Crippen molar-refractivity contribution in [2.75, 3.05) is 10.6 Å². The number of nitrogens with zero attached hydrogens (tertiary/aromatic N) is 3. The lowest BCUT2D eigenvalue weighted by atomic mass is 10.2. The van der Waals surface area contributed by atoms with Crippen LogP contribution in [0.15, 0.2) is 24.3 Å². The van der Waals surface area contributed by atoms with Gasteiger partial charge in [0, 0.05) is 30.1 Å². The number of amides is 1. The van der Waals surface area contributed by atoms with Crippen LogP contribution in [0.5, 0.6) is 0 Å². The molecule has 0 bridgehead atoms. The molecular formula is C17H23N5O. The summed E-state index contributed by atoms with van der Waals surface area (Å²) in [4.78, 5) is 24.5. The molecule has 1 amide bonds. The third-order valence-electron chi connectivity index (χ3n) is 3.16. The van der Waals surface area contributed by atoms with E-state index in [4.69, 9.17) is 0 Å². The molecule has 0 saturated heterocycles. The second kappa shape index (κ2) is 7.17. The third kappa shape index (κ3) is 4.74. The summed E-state index contributed by atoms with van der Waals surface area (Å²) < 4.78 is 0. The minimum atomic E-state index is -0.0914. The summed E-state index contributed by atoms with van der Waals surface area (Å²) in [5.74, 6) is 2.48. The van der Waals surface area contributed by atoms with Gasteiger partial charge in [-0.2, -0.15) is 9.97 Å². The van der Waals surface area contributed by atoms with E-state index in [0.29, 0.717) is 5.95 Å². The average molecular weight is 313 g/mol. The van der Waals surface area contributed by atoms with Crippen LogP contribution in [0.3, 0.4) is 0 Å². The largest absolute Gasteiger partial charge is 0.326 e. The van der Waals surface area contributed by atoms with Crippen LogP contribution >= 0.6 is 0 Å². The van der Waals surface area contributed by atoms with Crippen molar-refractivity contribution in [1.82, 2.24) is 15.0 Å². The predicted octanol–water partition coefficient (Wildman–Crippen LogP) is 3.82. The fraction of sp³-hybridized carbons (Fsp3) is 0.412. The van der Waals surface area contributed by atoms with Crippen LogP contribution in [-0.4, -0.2) is 20.9 Å². The fourth-order valence-electron chi connectivity index (χ4n) is 1.95. The standard InChI is InChI=1S/C17H23N5O/c1-10(2)15-20-16(11(3)4)22-17(21-15)19-14-8-6-13(7-9-14)18-12(5)23/h6-11H,1-5H3,(H,18,23)(H,19,20,21,22). The molecule has 122 valence electrons. The number of aromatic nitrogens is 3. The van der Waals surface area contributed by atoms with Crippen LogP contribution < -0.4 is 10.6 Å². The number of benzene rings is 1. The molecule has 1 aromatic carbocycles. The highest BCUT2D eigenvalue weighted by molar-refractivity contribution is 5.88. The summed E-state index contributed by atoms with van der Waals surface area (Å²) in [7, 11) is 0. The van der Waals surface area contributed by atoms with Crippen LogP contribution in [0.1, 0.15) is 58.1 Å². The van der Waals surface area contributed by atoms with Gasteiger partial charge < -0.3 is 10.6 Å². The maximum atomic E-state index is 11.0. The SMILES string of the molecule is CC(=O)Nc1ccc(Nc2nc(C(C)C)nc(C(C)C)n2)cc1. The fourth-order valence-corrected chi connectivity index (χ4v) is 1.95. The van der Waals surface area contributed by atoms with E-state index < -0.39 is 0 Å². The molecule has 0 atom stereocenters. The van der Waals surface area contributed by atoms with E-state index in [9.17, 15) is 4.79 Å². The monoisotopic (exact) mass is 313 g/mol. The summed E-state index contributed by atoms with van der Waals surface area (Å²) in [6.07, 6.45) is 0. The Labute approximate surface area is 136 Å². The van der Waals surface area contributed by atoms with E-state index in [2.05, 4.69) is 53.3 Å². The lowest BCUT2D eigenvalue weighted by Crippen LogP contribution is -2.10. The van der Waals surface area contributed by atoms with Gasteiger partial charge in [0.25, 0.3) is 0 Å². The molecule has 2 N–H and O–H groups in total. The van der Waals surface area contributed by atoms with Crippen LogP contribution in [0, 0.1) is 0 Å². The van der Waals surface area contributed by atoms with Gasteiger partial charge in [-0.3, -0.25) is 4.79 Å². The molecule has 1 heterocycles. The van der Waals surface area contributed by atoms with Gasteiger partial charge in [0.1, 0.15) is 11.6 Å². The van der Waals surface area contributed by atoms with Crippen LogP contribution in [-0.2, 0) is 4.79 Å². The molecule has 0 fully saturated rings. The maximum absolute atomic E-state index is 11.0. The molecule has 0 unspecified atom stereocenters. The van der Waals surface area contributed by atoms with E-state index in [1.165, 1.54) is 6.92 Å². The number of anilines is 3. The Morgan fingerprint density at radius 2 is 1.35 bits per heavy atom. The van der Waals surface area contributed by atoms with E-state index in [1.807, 2.05) is 24.3 Å². The summed E-state index contributed by atoms with van der Waals surface area (Å²) in [6.45, 7) is 9.73.